The Hall–Kier alpha value is -1.82. The average molecular weight is 305 g/mol. The standard InChI is InChI=1S/C16H23N3O3/c1-4-11-5-15(19(20)21)16(22-3)6-14(11)18-9-12-7-17(2)8-13(12)10-18/h5-6,12-13H,4,7-10H2,1-3H3. The fraction of sp³-hybridized carbons (Fsp3) is 0.625. The summed E-state index contributed by atoms with van der Waals surface area (Å²) in [6, 6.07) is 3.52. The number of methoxy groups -OCH3 is 1. The van der Waals surface area contributed by atoms with Gasteiger partial charge < -0.3 is 14.5 Å². The van der Waals surface area contributed by atoms with Gasteiger partial charge in [0, 0.05) is 44.0 Å². The van der Waals surface area contributed by atoms with Crippen LogP contribution in [-0.4, -0.2) is 50.2 Å². The van der Waals surface area contributed by atoms with E-state index in [1.807, 2.05) is 13.0 Å². The van der Waals surface area contributed by atoms with Gasteiger partial charge in [-0.2, -0.15) is 0 Å². The Labute approximate surface area is 130 Å². The molecule has 2 fully saturated rings. The Balaban J connectivity index is 1.92. The van der Waals surface area contributed by atoms with Crippen molar-refractivity contribution in [3.05, 3.63) is 27.8 Å². The number of aryl methyl sites for hydroxylation is 1. The van der Waals surface area contributed by atoms with E-state index in [1.54, 1.807) is 6.07 Å². The zero-order valence-electron chi connectivity index (χ0n) is 13.4. The molecule has 0 amide bonds. The Morgan fingerprint density at radius 3 is 2.41 bits per heavy atom. The molecule has 1 aromatic rings. The number of rotatable bonds is 4. The second-order valence-corrected chi connectivity index (χ2v) is 6.41. The molecule has 2 aliphatic rings. The maximum absolute atomic E-state index is 11.2. The molecule has 3 rings (SSSR count). The summed E-state index contributed by atoms with van der Waals surface area (Å²) in [6.45, 7) is 6.39. The molecular formula is C16H23N3O3. The Bertz CT molecular complexity index is 576. The van der Waals surface area contributed by atoms with Gasteiger partial charge >= 0.3 is 5.69 Å². The maximum Gasteiger partial charge on any atom is 0.311 e. The van der Waals surface area contributed by atoms with Crippen LogP contribution in [0.15, 0.2) is 12.1 Å². The van der Waals surface area contributed by atoms with Crippen LogP contribution in [0.3, 0.4) is 0 Å². The number of ether oxygens (including phenoxy) is 1. The van der Waals surface area contributed by atoms with Crippen LogP contribution in [0.4, 0.5) is 11.4 Å². The third-order valence-electron chi connectivity index (χ3n) is 4.97. The van der Waals surface area contributed by atoms with Crippen molar-refractivity contribution in [3.63, 3.8) is 0 Å². The molecule has 2 aliphatic heterocycles. The number of likely N-dealkylation sites (tertiary alicyclic amines) is 1. The second-order valence-electron chi connectivity index (χ2n) is 6.41. The monoisotopic (exact) mass is 305 g/mol. The molecule has 0 saturated carbocycles. The van der Waals surface area contributed by atoms with Gasteiger partial charge in [0.25, 0.3) is 0 Å². The molecule has 1 aromatic carbocycles. The number of fused-ring (bicyclic) bond motifs is 1. The summed E-state index contributed by atoms with van der Waals surface area (Å²) in [6.07, 6.45) is 0.784. The Morgan fingerprint density at radius 1 is 1.27 bits per heavy atom. The van der Waals surface area contributed by atoms with Gasteiger partial charge in [0.1, 0.15) is 0 Å². The van der Waals surface area contributed by atoms with Crippen LogP contribution in [0.1, 0.15) is 12.5 Å². The molecule has 6 nitrogen and oxygen atoms in total. The first kappa shape index (κ1) is 15.1. The minimum atomic E-state index is -0.366. The van der Waals surface area contributed by atoms with Gasteiger partial charge in [-0.05, 0) is 30.9 Å². The summed E-state index contributed by atoms with van der Waals surface area (Å²) in [5.74, 6) is 1.76. The minimum absolute atomic E-state index is 0.0576. The number of nitro groups is 1. The molecule has 0 spiro atoms. The molecule has 0 radical (unpaired) electrons. The highest BCUT2D eigenvalue weighted by Crippen LogP contribution is 2.39. The first-order valence-corrected chi connectivity index (χ1v) is 7.82. The van der Waals surface area contributed by atoms with Crippen molar-refractivity contribution in [1.82, 2.24) is 4.90 Å². The van der Waals surface area contributed by atoms with E-state index in [4.69, 9.17) is 4.74 Å². The molecule has 120 valence electrons. The predicted octanol–water partition coefficient (Wildman–Crippen LogP) is 2.16. The SMILES string of the molecule is CCc1cc([N+](=O)[O-])c(OC)cc1N1CC2CN(C)CC2C1. The second kappa shape index (κ2) is 5.76. The third-order valence-corrected chi connectivity index (χ3v) is 4.97. The highest BCUT2D eigenvalue weighted by Gasteiger charge is 2.39. The van der Waals surface area contributed by atoms with Crippen molar-refractivity contribution in [2.45, 2.75) is 13.3 Å². The van der Waals surface area contributed by atoms with Crippen LogP contribution >= 0.6 is 0 Å². The maximum atomic E-state index is 11.2. The van der Waals surface area contributed by atoms with E-state index in [1.165, 1.54) is 7.11 Å². The number of hydrogen-bond donors (Lipinski definition) is 0. The Kier molecular flexibility index (Phi) is 3.95. The summed E-state index contributed by atoms with van der Waals surface area (Å²) in [4.78, 5) is 15.6. The molecular weight excluding hydrogens is 282 g/mol. The van der Waals surface area contributed by atoms with Gasteiger partial charge in [-0.3, -0.25) is 10.1 Å². The van der Waals surface area contributed by atoms with Gasteiger partial charge in [-0.15, -0.1) is 0 Å². The fourth-order valence-electron chi connectivity index (χ4n) is 3.91. The molecule has 0 bridgehead atoms. The molecule has 2 atom stereocenters. The van der Waals surface area contributed by atoms with Gasteiger partial charge in [0.15, 0.2) is 5.75 Å². The van der Waals surface area contributed by atoms with Crippen LogP contribution in [0, 0.1) is 22.0 Å². The topological polar surface area (TPSA) is 58.9 Å². The minimum Gasteiger partial charge on any atom is -0.490 e. The quantitative estimate of drug-likeness (QED) is 0.630. The van der Waals surface area contributed by atoms with Gasteiger partial charge in [0.05, 0.1) is 12.0 Å². The van der Waals surface area contributed by atoms with E-state index in [0.717, 1.165) is 43.9 Å². The molecule has 0 N–H and O–H groups in total. The van der Waals surface area contributed by atoms with Crippen LogP contribution in [0.5, 0.6) is 5.75 Å². The predicted molar refractivity (Wildman–Crippen MR) is 85.7 cm³/mol. The van der Waals surface area contributed by atoms with E-state index < -0.39 is 0 Å². The summed E-state index contributed by atoms with van der Waals surface area (Å²) in [7, 11) is 3.67. The lowest BCUT2D eigenvalue weighted by Gasteiger charge is -2.24. The van der Waals surface area contributed by atoms with Crippen molar-refractivity contribution >= 4 is 11.4 Å². The lowest BCUT2D eigenvalue weighted by molar-refractivity contribution is -0.385. The molecule has 6 heteroatoms. The Morgan fingerprint density at radius 2 is 1.91 bits per heavy atom. The van der Waals surface area contributed by atoms with Crippen LogP contribution in [0.25, 0.3) is 0 Å². The van der Waals surface area contributed by atoms with E-state index in [2.05, 4.69) is 16.8 Å². The van der Waals surface area contributed by atoms with Crippen molar-refractivity contribution in [2.75, 3.05) is 45.2 Å². The smallest absolute Gasteiger partial charge is 0.311 e. The number of hydrogen-bond acceptors (Lipinski definition) is 5. The third kappa shape index (κ3) is 2.52. The van der Waals surface area contributed by atoms with Crippen molar-refractivity contribution < 1.29 is 9.66 Å². The lowest BCUT2D eigenvalue weighted by Crippen LogP contribution is -2.27. The highest BCUT2D eigenvalue weighted by molar-refractivity contribution is 5.65. The van der Waals surface area contributed by atoms with Gasteiger partial charge in [-0.25, -0.2) is 0 Å². The van der Waals surface area contributed by atoms with Crippen LogP contribution in [0.2, 0.25) is 0 Å². The molecule has 22 heavy (non-hydrogen) atoms. The number of nitro benzene ring substituents is 1. The summed E-state index contributed by atoms with van der Waals surface area (Å²) >= 11 is 0. The molecule has 2 unspecified atom stereocenters. The van der Waals surface area contributed by atoms with Crippen molar-refractivity contribution in [1.29, 1.82) is 0 Å². The lowest BCUT2D eigenvalue weighted by atomic mass is 10.0. The zero-order valence-corrected chi connectivity index (χ0v) is 13.4. The summed E-state index contributed by atoms with van der Waals surface area (Å²) < 4.78 is 5.24. The van der Waals surface area contributed by atoms with E-state index in [9.17, 15) is 10.1 Å². The summed E-state index contributed by atoms with van der Waals surface area (Å²) in [5.41, 5.74) is 2.19. The van der Waals surface area contributed by atoms with Gasteiger partial charge in [0.2, 0.25) is 0 Å². The average Bonchev–Trinajstić information content (AvgIpc) is 3.02. The molecule has 2 heterocycles. The zero-order chi connectivity index (χ0) is 15.9. The highest BCUT2D eigenvalue weighted by atomic mass is 16.6. The van der Waals surface area contributed by atoms with E-state index in [0.29, 0.717) is 17.6 Å². The van der Waals surface area contributed by atoms with Gasteiger partial charge in [-0.1, -0.05) is 6.92 Å². The first-order chi connectivity index (χ1) is 10.5. The number of benzene rings is 1. The largest absolute Gasteiger partial charge is 0.490 e. The molecule has 0 aliphatic carbocycles. The summed E-state index contributed by atoms with van der Waals surface area (Å²) in [5, 5.41) is 11.2. The number of anilines is 1. The van der Waals surface area contributed by atoms with Crippen molar-refractivity contribution in [2.24, 2.45) is 11.8 Å². The molecule has 2 saturated heterocycles. The van der Waals surface area contributed by atoms with Crippen LogP contribution < -0.4 is 9.64 Å². The van der Waals surface area contributed by atoms with E-state index >= 15 is 0 Å². The normalized spacial score (nSPS) is 24.6. The van der Waals surface area contributed by atoms with Crippen molar-refractivity contribution in [3.8, 4) is 5.75 Å². The van der Waals surface area contributed by atoms with Crippen LogP contribution in [-0.2, 0) is 6.42 Å². The number of nitrogens with zero attached hydrogens (tertiary/aromatic N) is 3. The fourth-order valence-corrected chi connectivity index (χ4v) is 3.91. The first-order valence-electron chi connectivity index (χ1n) is 7.82. The molecule has 0 aromatic heterocycles. The van der Waals surface area contributed by atoms with E-state index in [-0.39, 0.29) is 10.6 Å².